The number of hydrogen-bond acceptors (Lipinski definition) is 2. The number of fused-ring (bicyclic) bond motifs is 6. The van der Waals surface area contributed by atoms with Crippen molar-refractivity contribution in [3.63, 3.8) is 0 Å². The summed E-state index contributed by atoms with van der Waals surface area (Å²) in [4.78, 5) is 24.7. The van der Waals surface area contributed by atoms with Gasteiger partial charge in [0.2, 0.25) is 0 Å². The Kier molecular flexibility index (Phi) is 1.14. The quantitative estimate of drug-likeness (QED) is 0.619. The van der Waals surface area contributed by atoms with Gasteiger partial charge in [0.25, 0.3) is 0 Å². The molecule has 6 fully saturated rings. The smallest absolute Gasteiger partial charge is 0.143 e. The van der Waals surface area contributed by atoms with Crippen LogP contribution < -0.4 is 0 Å². The lowest BCUT2D eigenvalue weighted by Gasteiger charge is -2.44. The molecule has 0 saturated heterocycles. The third-order valence-electron chi connectivity index (χ3n) is 6.77. The van der Waals surface area contributed by atoms with Gasteiger partial charge in [-0.3, -0.25) is 9.59 Å². The zero-order chi connectivity index (χ0) is 10.7. The molecule has 7 atom stereocenters. The van der Waals surface area contributed by atoms with Gasteiger partial charge >= 0.3 is 0 Å². The fraction of sp³-hybridized carbons (Fsp3) is 0.857. The van der Waals surface area contributed by atoms with E-state index < -0.39 is 0 Å². The second-order valence-corrected chi connectivity index (χ2v) is 6.84. The van der Waals surface area contributed by atoms with E-state index in [0.717, 1.165) is 25.2 Å². The number of ketones is 2. The van der Waals surface area contributed by atoms with Crippen molar-refractivity contribution in [1.82, 2.24) is 0 Å². The maximum absolute atomic E-state index is 12.6. The molecule has 2 heteroatoms. The van der Waals surface area contributed by atoms with E-state index in [2.05, 4.69) is 0 Å². The van der Waals surface area contributed by atoms with Crippen LogP contribution in [-0.4, -0.2) is 11.6 Å². The first kappa shape index (κ1) is 8.43. The molecule has 4 bridgehead atoms. The summed E-state index contributed by atoms with van der Waals surface area (Å²) in [7, 11) is 0. The maximum Gasteiger partial charge on any atom is 0.143 e. The van der Waals surface area contributed by atoms with Crippen LogP contribution in [0.3, 0.4) is 0 Å². The van der Waals surface area contributed by atoms with Crippen LogP contribution in [0.5, 0.6) is 0 Å². The van der Waals surface area contributed by atoms with Crippen LogP contribution in [0.1, 0.15) is 32.1 Å². The number of hydrogen-bond donors (Lipinski definition) is 0. The molecule has 16 heavy (non-hydrogen) atoms. The van der Waals surface area contributed by atoms with E-state index in [1.165, 1.54) is 12.8 Å². The van der Waals surface area contributed by atoms with E-state index in [1.807, 2.05) is 0 Å². The second-order valence-electron chi connectivity index (χ2n) is 6.84. The Morgan fingerprint density at radius 1 is 1.06 bits per heavy atom. The molecule has 0 aromatic carbocycles. The number of carbonyl (C=O) groups excluding carboxylic acids is 2. The Morgan fingerprint density at radius 2 is 1.88 bits per heavy atom. The van der Waals surface area contributed by atoms with Crippen molar-refractivity contribution in [2.24, 2.45) is 40.9 Å². The molecule has 1 spiro atoms. The maximum atomic E-state index is 12.6. The highest BCUT2D eigenvalue weighted by Crippen LogP contribution is 2.76. The summed E-state index contributed by atoms with van der Waals surface area (Å²) in [5.41, 5.74) is 0.0988. The first-order chi connectivity index (χ1) is 7.74. The van der Waals surface area contributed by atoms with Crippen molar-refractivity contribution >= 4 is 11.6 Å². The third-order valence-corrected chi connectivity index (χ3v) is 6.77. The molecule has 6 rings (SSSR count). The molecule has 0 aromatic heterocycles. The van der Waals surface area contributed by atoms with Gasteiger partial charge in [0.05, 0.1) is 0 Å². The molecule has 0 aliphatic heterocycles. The van der Waals surface area contributed by atoms with Gasteiger partial charge in [-0.25, -0.2) is 0 Å². The minimum Gasteiger partial charge on any atom is -0.299 e. The lowest BCUT2D eigenvalue weighted by atomic mass is 9.58. The molecular formula is C14H16O2. The topological polar surface area (TPSA) is 34.1 Å². The van der Waals surface area contributed by atoms with Crippen LogP contribution >= 0.6 is 0 Å². The van der Waals surface area contributed by atoms with Gasteiger partial charge in [0.1, 0.15) is 11.6 Å². The van der Waals surface area contributed by atoms with E-state index in [0.29, 0.717) is 29.3 Å². The summed E-state index contributed by atoms with van der Waals surface area (Å²) in [6, 6.07) is 0. The van der Waals surface area contributed by atoms with Gasteiger partial charge in [-0.15, -0.1) is 0 Å². The predicted octanol–water partition coefficient (Wildman–Crippen LogP) is 1.83. The summed E-state index contributed by atoms with van der Waals surface area (Å²) in [6.07, 6.45) is 5.71. The highest BCUT2D eigenvalue weighted by molar-refractivity contribution is 6.02. The molecular weight excluding hydrogens is 200 g/mol. The number of carbonyl (C=O) groups is 2. The Morgan fingerprint density at radius 3 is 2.69 bits per heavy atom. The van der Waals surface area contributed by atoms with Crippen molar-refractivity contribution < 1.29 is 9.59 Å². The fourth-order valence-electron chi connectivity index (χ4n) is 6.42. The summed E-state index contributed by atoms with van der Waals surface area (Å²) in [5.74, 6) is 3.58. The normalized spacial score (nSPS) is 64.8. The molecule has 6 aliphatic rings. The number of rotatable bonds is 0. The lowest BCUT2D eigenvalue weighted by molar-refractivity contribution is -0.137. The Balaban J connectivity index is 1.69. The Labute approximate surface area is 94.8 Å². The van der Waals surface area contributed by atoms with E-state index in [4.69, 9.17) is 0 Å². The van der Waals surface area contributed by atoms with Crippen molar-refractivity contribution in [1.29, 1.82) is 0 Å². The Bertz CT molecular complexity index is 436. The largest absolute Gasteiger partial charge is 0.299 e. The summed E-state index contributed by atoms with van der Waals surface area (Å²) >= 11 is 0. The predicted molar refractivity (Wildman–Crippen MR) is 56.5 cm³/mol. The molecule has 0 radical (unpaired) electrons. The van der Waals surface area contributed by atoms with Gasteiger partial charge in [-0.05, 0) is 49.9 Å². The van der Waals surface area contributed by atoms with Gasteiger partial charge in [0.15, 0.2) is 0 Å². The summed E-state index contributed by atoms with van der Waals surface area (Å²) in [6.45, 7) is 0. The average Bonchev–Trinajstić information content (AvgIpc) is 2.97. The number of Topliss-reactive ketones (excluding diaryl/α,β-unsaturated/α-hetero) is 2. The van der Waals surface area contributed by atoms with Gasteiger partial charge in [-0.1, -0.05) is 0 Å². The van der Waals surface area contributed by atoms with Crippen molar-refractivity contribution in [2.45, 2.75) is 32.1 Å². The van der Waals surface area contributed by atoms with Gasteiger partial charge < -0.3 is 0 Å². The molecule has 2 nitrogen and oxygen atoms in total. The minimum atomic E-state index is 0.0988. The van der Waals surface area contributed by atoms with Crippen LogP contribution in [0.4, 0.5) is 0 Å². The second kappa shape index (κ2) is 2.16. The molecule has 6 saturated carbocycles. The van der Waals surface area contributed by atoms with Crippen LogP contribution in [0.15, 0.2) is 0 Å². The van der Waals surface area contributed by atoms with Crippen molar-refractivity contribution in [2.75, 3.05) is 0 Å². The minimum absolute atomic E-state index is 0.0988. The summed E-state index contributed by atoms with van der Waals surface area (Å²) < 4.78 is 0. The molecule has 0 N–H and O–H groups in total. The van der Waals surface area contributed by atoms with E-state index in [1.54, 1.807) is 0 Å². The van der Waals surface area contributed by atoms with Gasteiger partial charge in [-0.2, -0.15) is 0 Å². The van der Waals surface area contributed by atoms with E-state index in [-0.39, 0.29) is 17.3 Å². The molecule has 0 aromatic rings. The highest BCUT2D eigenvalue weighted by Gasteiger charge is 2.77. The molecule has 84 valence electrons. The Hall–Kier alpha value is -0.660. The average molecular weight is 216 g/mol. The van der Waals surface area contributed by atoms with Crippen LogP contribution in [0, 0.1) is 40.9 Å². The first-order valence-electron chi connectivity index (χ1n) is 6.82. The molecule has 0 heterocycles. The highest BCUT2D eigenvalue weighted by atomic mass is 16.1. The van der Waals surface area contributed by atoms with Crippen LogP contribution in [0.25, 0.3) is 0 Å². The summed E-state index contributed by atoms with van der Waals surface area (Å²) in [5, 5.41) is 0. The monoisotopic (exact) mass is 216 g/mol. The van der Waals surface area contributed by atoms with Crippen molar-refractivity contribution in [3.05, 3.63) is 0 Å². The van der Waals surface area contributed by atoms with E-state index in [9.17, 15) is 9.59 Å². The fourth-order valence-corrected chi connectivity index (χ4v) is 6.42. The zero-order valence-corrected chi connectivity index (χ0v) is 9.32. The zero-order valence-electron chi connectivity index (χ0n) is 9.32. The third kappa shape index (κ3) is 0.577. The SMILES string of the molecule is O=C1C2CCC1C1C2C(=O)C23CCC(C2)C13. The molecule has 6 aliphatic carbocycles. The van der Waals surface area contributed by atoms with Crippen LogP contribution in [0.2, 0.25) is 0 Å². The van der Waals surface area contributed by atoms with Gasteiger partial charge in [0, 0.05) is 23.2 Å². The first-order valence-corrected chi connectivity index (χ1v) is 6.82. The lowest BCUT2D eigenvalue weighted by Crippen LogP contribution is -2.44. The van der Waals surface area contributed by atoms with Crippen molar-refractivity contribution in [3.8, 4) is 0 Å². The molecule has 7 unspecified atom stereocenters. The molecule has 0 amide bonds. The van der Waals surface area contributed by atoms with E-state index >= 15 is 0 Å². The standard InChI is InChI=1S/C14H16O2/c15-12-7-1-2-8(12)10-9(7)11-6-3-4-14(11,5-6)13(10)16/h6-11H,1-5H2. The van der Waals surface area contributed by atoms with Crippen LogP contribution in [-0.2, 0) is 9.59 Å².